The van der Waals surface area contributed by atoms with Crippen LogP contribution >= 0.6 is 0 Å². The van der Waals surface area contributed by atoms with Crippen molar-refractivity contribution >= 4 is 12.1 Å². The zero-order valence-corrected chi connectivity index (χ0v) is 11.2. The first-order chi connectivity index (χ1) is 10.2. The van der Waals surface area contributed by atoms with Gasteiger partial charge in [0.25, 0.3) is 0 Å². The molecule has 2 aromatic rings. The van der Waals surface area contributed by atoms with Gasteiger partial charge in [-0.15, -0.1) is 0 Å². The third kappa shape index (κ3) is 5.36. The molecule has 2 rings (SSSR count). The quantitative estimate of drug-likeness (QED) is 0.480. The van der Waals surface area contributed by atoms with E-state index in [2.05, 4.69) is 4.74 Å². The predicted octanol–water partition coefficient (Wildman–Crippen LogP) is 2.95. The average molecular weight is 286 g/mol. The molecule has 0 spiro atoms. The monoisotopic (exact) mass is 286 g/mol. The molecule has 0 bridgehead atoms. The molecule has 0 unspecified atom stereocenters. The molecular formula is C16H14O5. The van der Waals surface area contributed by atoms with E-state index in [1.807, 2.05) is 30.3 Å². The molecule has 0 fully saturated rings. The number of ether oxygens (including phenoxy) is 3. The minimum absolute atomic E-state index is 0.123. The SMILES string of the molecule is O=C(Cc1ccccc1)OCOC(=O)Oc1ccccc1. The highest BCUT2D eigenvalue weighted by Crippen LogP contribution is 2.09. The zero-order chi connectivity index (χ0) is 14.9. The number of benzene rings is 2. The van der Waals surface area contributed by atoms with Gasteiger partial charge < -0.3 is 14.2 Å². The summed E-state index contributed by atoms with van der Waals surface area (Å²) in [6, 6.07) is 17.6. The molecule has 0 saturated carbocycles. The third-order valence-electron chi connectivity index (χ3n) is 2.53. The van der Waals surface area contributed by atoms with Crippen molar-refractivity contribution in [2.24, 2.45) is 0 Å². The van der Waals surface area contributed by atoms with Gasteiger partial charge in [-0.05, 0) is 17.7 Å². The molecule has 0 aliphatic carbocycles. The molecule has 0 amide bonds. The van der Waals surface area contributed by atoms with Gasteiger partial charge in [-0.25, -0.2) is 4.79 Å². The lowest BCUT2D eigenvalue weighted by Gasteiger charge is -2.06. The second kappa shape index (κ2) is 7.69. The fourth-order valence-electron chi connectivity index (χ4n) is 1.57. The Bertz CT molecular complexity index is 527. The summed E-state index contributed by atoms with van der Waals surface area (Å²) in [5, 5.41) is 0. The van der Waals surface area contributed by atoms with Crippen molar-refractivity contribution in [2.75, 3.05) is 6.79 Å². The normalized spacial score (nSPS) is 9.71. The Kier molecular flexibility index (Phi) is 5.34. The summed E-state index contributed by atoms with van der Waals surface area (Å²) in [7, 11) is 0. The maximum atomic E-state index is 11.5. The van der Waals surface area contributed by atoms with Gasteiger partial charge in [0.05, 0.1) is 6.42 Å². The topological polar surface area (TPSA) is 61.8 Å². The highest BCUT2D eigenvalue weighted by molar-refractivity contribution is 5.72. The molecule has 2 aromatic carbocycles. The van der Waals surface area contributed by atoms with E-state index in [0.29, 0.717) is 5.75 Å². The minimum Gasteiger partial charge on any atom is -0.427 e. The van der Waals surface area contributed by atoms with Crippen LogP contribution in [-0.4, -0.2) is 18.9 Å². The lowest BCUT2D eigenvalue weighted by atomic mass is 10.2. The molecule has 0 heterocycles. The fourth-order valence-corrected chi connectivity index (χ4v) is 1.57. The van der Waals surface area contributed by atoms with Gasteiger partial charge in [0.2, 0.25) is 6.79 Å². The van der Waals surface area contributed by atoms with E-state index in [1.165, 1.54) is 0 Å². The summed E-state index contributed by atoms with van der Waals surface area (Å²) >= 11 is 0. The summed E-state index contributed by atoms with van der Waals surface area (Å²) < 4.78 is 14.3. The molecule has 0 atom stereocenters. The maximum absolute atomic E-state index is 11.5. The Morgan fingerprint density at radius 1 is 0.810 bits per heavy atom. The standard InChI is InChI=1S/C16H14O5/c17-15(11-13-7-3-1-4-8-13)19-12-20-16(18)21-14-9-5-2-6-10-14/h1-10H,11-12H2. The lowest BCUT2D eigenvalue weighted by Crippen LogP contribution is -2.16. The number of carbonyl (C=O) groups is 2. The number of esters is 1. The molecule has 0 aliphatic heterocycles. The molecule has 0 aliphatic rings. The predicted molar refractivity (Wildman–Crippen MR) is 74.7 cm³/mol. The molecular weight excluding hydrogens is 272 g/mol. The molecule has 0 aromatic heterocycles. The number of para-hydroxylation sites is 1. The highest BCUT2D eigenvalue weighted by atomic mass is 16.8. The van der Waals surface area contributed by atoms with Gasteiger partial charge in [0.1, 0.15) is 5.75 Å². The highest BCUT2D eigenvalue weighted by Gasteiger charge is 2.08. The molecule has 0 saturated heterocycles. The van der Waals surface area contributed by atoms with Crippen LogP contribution in [0.5, 0.6) is 5.75 Å². The van der Waals surface area contributed by atoms with Crippen molar-refractivity contribution < 1.29 is 23.8 Å². The van der Waals surface area contributed by atoms with Crippen LogP contribution in [0, 0.1) is 0 Å². The zero-order valence-electron chi connectivity index (χ0n) is 11.2. The molecule has 21 heavy (non-hydrogen) atoms. The Balaban J connectivity index is 1.67. The number of rotatable bonds is 5. The van der Waals surface area contributed by atoms with Crippen LogP contribution in [0.2, 0.25) is 0 Å². The summed E-state index contributed by atoms with van der Waals surface area (Å²) in [4.78, 5) is 22.8. The summed E-state index contributed by atoms with van der Waals surface area (Å²) in [5.41, 5.74) is 0.828. The minimum atomic E-state index is -0.922. The van der Waals surface area contributed by atoms with Crippen LogP contribution < -0.4 is 4.74 Å². The molecule has 5 heteroatoms. The average Bonchev–Trinajstić information content (AvgIpc) is 2.49. The Hall–Kier alpha value is -2.82. The summed E-state index contributed by atoms with van der Waals surface area (Å²) in [5.74, 6) is -0.119. The third-order valence-corrected chi connectivity index (χ3v) is 2.53. The Labute approximate surface area is 122 Å². The van der Waals surface area contributed by atoms with Crippen molar-refractivity contribution in [2.45, 2.75) is 6.42 Å². The molecule has 0 radical (unpaired) electrons. The Morgan fingerprint density at radius 2 is 1.43 bits per heavy atom. The smallest absolute Gasteiger partial charge is 0.427 e. The molecule has 5 nitrogen and oxygen atoms in total. The van der Waals surface area contributed by atoms with Crippen molar-refractivity contribution in [1.29, 1.82) is 0 Å². The van der Waals surface area contributed by atoms with Gasteiger partial charge in [-0.2, -0.15) is 0 Å². The lowest BCUT2D eigenvalue weighted by molar-refractivity contribution is -0.151. The van der Waals surface area contributed by atoms with Crippen LogP contribution in [0.4, 0.5) is 4.79 Å². The number of hydrogen-bond donors (Lipinski definition) is 0. The van der Waals surface area contributed by atoms with Crippen LogP contribution in [0.3, 0.4) is 0 Å². The Morgan fingerprint density at radius 3 is 2.10 bits per heavy atom. The maximum Gasteiger partial charge on any atom is 0.516 e. The van der Waals surface area contributed by atoms with Gasteiger partial charge in [-0.1, -0.05) is 48.5 Å². The first kappa shape index (κ1) is 14.6. The first-order valence-electron chi connectivity index (χ1n) is 6.33. The number of carbonyl (C=O) groups excluding carboxylic acids is 2. The van der Waals surface area contributed by atoms with Crippen LogP contribution in [0.25, 0.3) is 0 Å². The van der Waals surface area contributed by atoms with Gasteiger partial charge in [-0.3, -0.25) is 4.79 Å². The molecule has 0 N–H and O–H groups in total. The first-order valence-corrected chi connectivity index (χ1v) is 6.33. The second-order valence-electron chi connectivity index (χ2n) is 4.11. The van der Waals surface area contributed by atoms with Gasteiger partial charge in [0.15, 0.2) is 0 Å². The van der Waals surface area contributed by atoms with Gasteiger partial charge in [0, 0.05) is 0 Å². The van der Waals surface area contributed by atoms with Crippen LogP contribution in [0.15, 0.2) is 60.7 Å². The van der Waals surface area contributed by atoms with Crippen molar-refractivity contribution in [3.63, 3.8) is 0 Å². The van der Waals surface area contributed by atoms with Crippen LogP contribution in [-0.2, 0) is 20.7 Å². The summed E-state index contributed by atoms with van der Waals surface area (Å²) in [6.07, 6.45) is -0.800. The van der Waals surface area contributed by atoms with E-state index in [0.717, 1.165) is 5.56 Å². The number of hydrogen-bond acceptors (Lipinski definition) is 5. The van der Waals surface area contributed by atoms with E-state index in [-0.39, 0.29) is 6.42 Å². The van der Waals surface area contributed by atoms with Crippen molar-refractivity contribution in [3.05, 3.63) is 66.2 Å². The van der Waals surface area contributed by atoms with E-state index in [4.69, 9.17) is 9.47 Å². The van der Waals surface area contributed by atoms with E-state index < -0.39 is 18.9 Å². The van der Waals surface area contributed by atoms with Crippen LogP contribution in [0.1, 0.15) is 5.56 Å². The van der Waals surface area contributed by atoms with Crippen molar-refractivity contribution in [3.8, 4) is 5.75 Å². The van der Waals surface area contributed by atoms with E-state index in [9.17, 15) is 9.59 Å². The van der Waals surface area contributed by atoms with E-state index in [1.54, 1.807) is 30.3 Å². The summed E-state index contributed by atoms with van der Waals surface area (Å²) in [6.45, 7) is -0.475. The van der Waals surface area contributed by atoms with Crippen molar-refractivity contribution in [1.82, 2.24) is 0 Å². The second-order valence-corrected chi connectivity index (χ2v) is 4.11. The largest absolute Gasteiger partial charge is 0.516 e. The molecule has 108 valence electrons. The fraction of sp³-hybridized carbons (Fsp3) is 0.125. The van der Waals surface area contributed by atoms with E-state index >= 15 is 0 Å². The van der Waals surface area contributed by atoms with Gasteiger partial charge >= 0.3 is 12.1 Å².